The highest BCUT2D eigenvalue weighted by atomic mass is 16.4. The molecule has 0 N–H and O–H groups in total. The normalized spacial score (nSPS) is 11.7. The molecule has 12 rings (SSSR count). The van der Waals surface area contributed by atoms with E-state index in [1.165, 1.54) is 10.8 Å². The van der Waals surface area contributed by atoms with Gasteiger partial charge in [0.1, 0.15) is 16.7 Å². The molecule has 0 bridgehead atoms. The van der Waals surface area contributed by atoms with E-state index in [2.05, 4.69) is 185 Å². The van der Waals surface area contributed by atoms with Crippen LogP contribution in [0.25, 0.3) is 94.2 Å². The van der Waals surface area contributed by atoms with Crippen LogP contribution in [0, 0.1) is 0 Å². The minimum Gasteiger partial charge on any atom is -0.455 e. The lowest BCUT2D eigenvalue weighted by Gasteiger charge is -2.29. The number of hydrogen-bond acceptors (Lipinski definition) is 4. The standard InChI is InChI=1S/C55H35N3O2/c1-4-16-36(17-5-1)41-22-10-12-27-48(41)57(50-29-15-25-44-43-23-11-13-28-49(43)58(53(44)50)39-20-8-3-9-21-39)40-32-30-37(31-33-40)42-24-14-26-45-46-34-47-52(35-51(46)59-54(42)45)60-55(56-47)38-18-6-2-7-19-38/h1-35H. The summed E-state index contributed by atoms with van der Waals surface area (Å²) >= 11 is 0. The molecule has 0 radical (unpaired) electrons. The Labute approximate surface area is 345 Å². The number of hydrogen-bond donors (Lipinski definition) is 0. The van der Waals surface area contributed by atoms with Gasteiger partial charge in [0.2, 0.25) is 5.89 Å². The summed E-state index contributed by atoms with van der Waals surface area (Å²) in [4.78, 5) is 7.26. The van der Waals surface area contributed by atoms with Crippen molar-refractivity contribution in [2.45, 2.75) is 0 Å². The van der Waals surface area contributed by atoms with Gasteiger partial charge in [-0.15, -0.1) is 0 Å². The number of rotatable bonds is 7. The lowest BCUT2D eigenvalue weighted by Crippen LogP contribution is -2.12. The Morgan fingerprint density at radius 1 is 0.417 bits per heavy atom. The summed E-state index contributed by atoms with van der Waals surface area (Å²) in [5.41, 5.74) is 15.0. The first-order chi connectivity index (χ1) is 29.8. The third-order valence-electron chi connectivity index (χ3n) is 11.6. The van der Waals surface area contributed by atoms with E-state index in [-0.39, 0.29) is 0 Å². The molecule has 0 fully saturated rings. The second-order valence-corrected chi connectivity index (χ2v) is 15.1. The first-order valence-electron chi connectivity index (χ1n) is 20.2. The maximum atomic E-state index is 6.67. The first-order valence-corrected chi connectivity index (χ1v) is 20.2. The summed E-state index contributed by atoms with van der Waals surface area (Å²) in [6, 6.07) is 74.7. The molecule has 60 heavy (non-hydrogen) atoms. The summed E-state index contributed by atoms with van der Waals surface area (Å²) in [7, 11) is 0. The van der Waals surface area contributed by atoms with Crippen LogP contribution in [0.4, 0.5) is 17.1 Å². The van der Waals surface area contributed by atoms with Crippen LogP contribution in [0.2, 0.25) is 0 Å². The minimum absolute atomic E-state index is 0.599. The van der Waals surface area contributed by atoms with Crippen molar-refractivity contribution in [2.24, 2.45) is 0 Å². The molecule has 9 aromatic carbocycles. The lowest BCUT2D eigenvalue weighted by molar-refractivity contribution is 0.617. The van der Waals surface area contributed by atoms with Gasteiger partial charge in [0.15, 0.2) is 5.58 Å². The molecule has 0 aliphatic rings. The molecule has 0 unspecified atom stereocenters. The predicted octanol–water partition coefficient (Wildman–Crippen LogP) is 15.3. The number of anilines is 3. The number of para-hydroxylation sites is 5. The smallest absolute Gasteiger partial charge is 0.227 e. The molecular weight excluding hydrogens is 735 g/mol. The third kappa shape index (κ3) is 5.44. The molecule has 0 atom stereocenters. The van der Waals surface area contributed by atoms with Gasteiger partial charge in [-0.1, -0.05) is 146 Å². The van der Waals surface area contributed by atoms with Crippen LogP contribution < -0.4 is 4.90 Å². The highest BCUT2D eigenvalue weighted by molar-refractivity contribution is 6.15. The van der Waals surface area contributed by atoms with E-state index in [0.29, 0.717) is 11.5 Å². The number of benzene rings is 9. The van der Waals surface area contributed by atoms with Gasteiger partial charge in [-0.05, 0) is 71.8 Å². The Morgan fingerprint density at radius 3 is 1.85 bits per heavy atom. The molecule has 0 saturated heterocycles. The number of furan rings is 1. The van der Waals surface area contributed by atoms with Crippen LogP contribution in [-0.2, 0) is 0 Å². The first kappa shape index (κ1) is 33.9. The molecule has 12 aromatic rings. The van der Waals surface area contributed by atoms with Gasteiger partial charge in [-0.3, -0.25) is 0 Å². The van der Waals surface area contributed by atoms with Crippen molar-refractivity contribution in [1.82, 2.24) is 9.55 Å². The maximum absolute atomic E-state index is 6.67. The second-order valence-electron chi connectivity index (χ2n) is 15.1. The summed E-state index contributed by atoms with van der Waals surface area (Å²) in [5, 5.41) is 4.45. The van der Waals surface area contributed by atoms with E-state index in [1.54, 1.807) is 0 Å². The highest BCUT2D eigenvalue weighted by Crippen LogP contribution is 2.47. The molecular formula is C55H35N3O2. The largest absolute Gasteiger partial charge is 0.455 e. The maximum Gasteiger partial charge on any atom is 0.227 e. The van der Waals surface area contributed by atoms with Crippen LogP contribution >= 0.6 is 0 Å². The van der Waals surface area contributed by atoms with Crippen molar-refractivity contribution in [3.63, 3.8) is 0 Å². The molecule has 5 nitrogen and oxygen atoms in total. The zero-order chi connectivity index (χ0) is 39.6. The molecule has 0 amide bonds. The van der Waals surface area contributed by atoms with E-state index in [4.69, 9.17) is 13.8 Å². The van der Waals surface area contributed by atoms with E-state index < -0.39 is 0 Å². The van der Waals surface area contributed by atoms with Crippen molar-refractivity contribution in [3.8, 4) is 39.4 Å². The molecule has 3 aromatic heterocycles. The van der Waals surface area contributed by atoms with Crippen molar-refractivity contribution in [1.29, 1.82) is 0 Å². The Kier molecular flexibility index (Phi) is 7.78. The topological polar surface area (TPSA) is 47.3 Å². The highest BCUT2D eigenvalue weighted by Gasteiger charge is 2.24. The van der Waals surface area contributed by atoms with Gasteiger partial charge in [0.05, 0.1) is 22.4 Å². The van der Waals surface area contributed by atoms with Crippen molar-refractivity contribution in [2.75, 3.05) is 4.90 Å². The Hall–Kier alpha value is -8.15. The fourth-order valence-electron chi connectivity index (χ4n) is 8.91. The summed E-state index contributed by atoms with van der Waals surface area (Å²) < 4.78 is 15.3. The fourth-order valence-corrected chi connectivity index (χ4v) is 8.91. The number of oxazole rings is 1. The summed E-state index contributed by atoms with van der Waals surface area (Å²) in [6.07, 6.45) is 0. The van der Waals surface area contributed by atoms with Crippen LogP contribution in [-0.4, -0.2) is 9.55 Å². The van der Waals surface area contributed by atoms with Gasteiger partial charge in [0, 0.05) is 55.7 Å². The minimum atomic E-state index is 0.599. The zero-order valence-corrected chi connectivity index (χ0v) is 32.4. The van der Waals surface area contributed by atoms with E-state index in [1.807, 2.05) is 36.4 Å². The Balaban J connectivity index is 1.03. The molecule has 0 aliphatic carbocycles. The molecule has 5 heteroatoms. The van der Waals surface area contributed by atoms with Crippen molar-refractivity contribution in [3.05, 3.63) is 212 Å². The van der Waals surface area contributed by atoms with Gasteiger partial charge >= 0.3 is 0 Å². The van der Waals surface area contributed by atoms with E-state index in [9.17, 15) is 0 Å². The predicted molar refractivity (Wildman–Crippen MR) is 247 cm³/mol. The Bertz CT molecular complexity index is 3530. The van der Waals surface area contributed by atoms with Gasteiger partial charge in [-0.2, -0.15) is 0 Å². The Morgan fingerprint density at radius 2 is 1.03 bits per heavy atom. The number of fused-ring (bicyclic) bond motifs is 7. The average molecular weight is 770 g/mol. The second kappa shape index (κ2) is 13.8. The molecule has 0 aliphatic heterocycles. The quantitative estimate of drug-likeness (QED) is 0.162. The van der Waals surface area contributed by atoms with Crippen molar-refractivity contribution < 1.29 is 8.83 Å². The average Bonchev–Trinajstić information content (AvgIpc) is 4.01. The van der Waals surface area contributed by atoms with Crippen LogP contribution in [0.5, 0.6) is 0 Å². The van der Waals surface area contributed by atoms with Crippen LogP contribution in [0.1, 0.15) is 0 Å². The molecule has 3 heterocycles. The van der Waals surface area contributed by atoms with Crippen LogP contribution in [0.3, 0.4) is 0 Å². The van der Waals surface area contributed by atoms with E-state index >= 15 is 0 Å². The SMILES string of the molecule is c1ccc(-c2nc3cc4c(cc3o2)oc2c(-c3ccc(N(c5ccccc5-c5ccccc5)c5cccc6c7ccccc7n(-c7ccccc7)c56)cc3)cccc24)cc1. The van der Waals surface area contributed by atoms with Gasteiger partial charge in [-0.25, -0.2) is 4.98 Å². The fraction of sp³-hybridized carbons (Fsp3) is 0. The van der Waals surface area contributed by atoms with Gasteiger partial charge < -0.3 is 18.3 Å². The zero-order valence-electron chi connectivity index (χ0n) is 32.4. The molecule has 282 valence electrons. The van der Waals surface area contributed by atoms with Gasteiger partial charge in [0.25, 0.3) is 0 Å². The van der Waals surface area contributed by atoms with Crippen LogP contribution in [0.15, 0.2) is 221 Å². The molecule has 0 spiro atoms. The van der Waals surface area contributed by atoms with E-state index in [0.717, 1.165) is 89.1 Å². The summed E-state index contributed by atoms with van der Waals surface area (Å²) in [6.45, 7) is 0. The molecule has 0 saturated carbocycles. The number of nitrogens with zero attached hydrogens (tertiary/aromatic N) is 3. The number of aromatic nitrogens is 2. The monoisotopic (exact) mass is 769 g/mol. The lowest BCUT2D eigenvalue weighted by atomic mass is 10.00. The van der Waals surface area contributed by atoms with Crippen molar-refractivity contribution >= 4 is 71.9 Å². The summed E-state index contributed by atoms with van der Waals surface area (Å²) in [5.74, 6) is 0.599. The third-order valence-corrected chi connectivity index (χ3v) is 11.6.